The van der Waals surface area contributed by atoms with Crippen LogP contribution in [0.5, 0.6) is 0 Å². The summed E-state index contributed by atoms with van der Waals surface area (Å²) >= 11 is 0. The molecule has 0 saturated carbocycles. The highest BCUT2D eigenvalue weighted by atomic mass is 16.5. The van der Waals surface area contributed by atoms with Crippen molar-refractivity contribution in [1.29, 1.82) is 0 Å². The third-order valence-corrected chi connectivity index (χ3v) is 3.80. The van der Waals surface area contributed by atoms with E-state index >= 15 is 0 Å². The van der Waals surface area contributed by atoms with Crippen molar-refractivity contribution in [3.63, 3.8) is 0 Å². The van der Waals surface area contributed by atoms with Gasteiger partial charge in [0, 0.05) is 32.2 Å². The van der Waals surface area contributed by atoms with Gasteiger partial charge in [0.15, 0.2) is 5.65 Å². The minimum Gasteiger partial charge on any atom is -0.383 e. The minimum absolute atomic E-state index is 0.708. The molecule has 19 heavy (non-hydrogen) atoms. The zero-order valence-electron chi connectivity index (χ0n) is 11.5. The zero-order chi connectivity index (χ0) is 13.2. The lowest BCUT2D eigenvalue weighted by molar-refractivity contribution is 0.0699. The zero-order valence-corrected chi connectivity index (χ0v) is 11.5. The van der Waals surface area contributed by atoms with Crippen molar-refractivity contribution >= 4 is 16.7 Å². The molecule has 1 fully saturated rings. The Kier molecular flexibility index (Phi) is 3.38. The molecule has 1 N–H and O–H groups in total. The molecule has 0 spiro atoms. The summed E-state index contributed by atoms with van der Waals surface area (Å²) in [7, 11) is 1.93. The van der Waals surface area contributed by atoms with Gasteiger partial charge >= 0.3 is 0 Å². The van der Waals surface area contributed by atoms with Crippen molar-refractivity contribution < 1.29 is 4.74 Å². The van der Waals surface area contributed by atoms with E-state index in [0.29, 0.717) is 5.92 Å². The van der Waals surface area contributed by atoms with E-state index in [2.05, 4.69) is 21.5 Å². The number of fused-ring (bicyclic) bond motifs is 1. The predicted octanol–water partition coefficient (Wildman–Crippen LogP) is 2.12. The molecule has 0 aliphatic carbocycles. The van der Waals surface area contributed by atoms with Crippen LogP contribution in [0.4, 0.5) is 5.69 Å². The summed E-state index contributed by atoms with van der Waals surface area (Å²) in [4.78, 5) is 4.48. The van der Waals surface area contributed by atoms with Gasteiger partial charge in [-0.15, -0.1) is 0 Å². The Morgan fingerprint density at radius 1 is 1.42 bits per heavy atom. The maximum absolute atomic E-state index is 5.38. The number of aromatic nitrogens is 3. The minimum atomic E-state index is 0.708. The second kappa shape index (κ2) is 5.17. The van der Waals surface area contributed by atoms with Crippen molar-refractivity contribution in [1.82, 2.24) is 14.8 Å². The van der Waals surface area contributed by atoms with E-state index in [-0.39, 0.29) is 0 Å². The van der Waals surface area contributed by atoms with Gasteiger partial charge < -0.3 is 10.1 Å². The number of rotatable bonds is 3. The lowest BCUT2D eigenvalue weighted by Crippen LogP contribution is -2.22. The number of nitrogens with zero attached hydrogens (tertiary/aromatic N) is 3. The van der Waals surface area contributed by atoms with Gasteiger partial charge in [-0.05, 0) is 31.7 Å². The second-order valence-corrected chi connectivity index (χ2v) is 5.24. The smallest absolute Gasteiger partial charge is 0.157 e. The Morgan fingerprint density at radius 2 is 2.21 bits per heavy atom. The standard InChI is InChI=1S/C14H20N4O/c1-10-13-7-12(9-16-14(13)18(2)17-10)15-8-11-3-5-19-6-4-11/h7,9,11,15H,3-6,8H2,1-2H3. The van der Waals surface area contributed by atoms with Crippen molar-refractivity contribution in [3.05, 3.63) is 18.0 Å². The molecular weight excluding hydrogens is 240 g/mol. The fourth-order valence-electron chi connectivity index (χ4n) is 2.62. The lowest BCUT2D eigenvalue weighted by atomic mass is 10.0. The molecule has 0 aromatic carbocycles. The molecule has 0 radical (unpaired) electrons. The van der Waals surface area contributed by atoms with Crippen molar-refractivity contribution in [2.45, 2.75) is 19.8 Å². The van der Waals surface area contributed by atoms with Gasteiger partial charge in [-0.2, -0.15) is 5.10 Å². The van der Waals surface area contributed by atoms with Crippen LogP contribution >= 0.6 is 0 Å². The summed E-state index contributed by atoms with van der Waals surface area (Å²) in [6, 6.07) is 2.14. The van der Waals surface area contributed by atoms with E-state index < -0.39 is 0 Å². The van der Waals surface area contributed by atoms with Crippen LogP contribution in [0.2, 0.25) is 0 Å². The number of aryl methyl sites for hydroxylation is 2. The maximum Gasteiger partial charge on any atom is 0.157 e. The Balaban J connectivity index is 1.72. The van der Waals surface area contributed by atoms with Crippen LogP contribution in [0.1, 0.15) is 18.5 Å². The van der Waals surface area contributed by atoms with E-state index in [9.17, 15) is 0 Å². The van der Waals surface area contributed by atoms with Crippen molar-refractivity contribution in [2.75, 3.05) is 25.1 Å². The van der Waals surface area contributed by atoms with Gasteiger partial charge in [0.2, 0.25) is 0 Å². The predicted molar refractivity (Wildman–Crippen MR) is 75.3 cm³/mol. The fourth-order valence-corrected chi connectivity index (χ4v) is 2.62. The van der Waals surface area contributed by atoms with Gasteiger partial charge in [0.05, 0.1) is 17.6 Å². The molecule has 1 saturated heterocycles. The van der Waals surface area contributed by atoms with Gasteiger partial charge in [-0.3, -0.25) is 4.68 Å². The molecule has 2 aromatic rings. The third kappa shape index (κ3) is 2.56. The molecule has 102 valence electrons. The first kappa shape index (κ1) is 12.4. The summed E-state index contributed by atoms with van der Waals surface area (Å²) in [5.74, 6) is 0.708. The molecule has 0 amide bonds. The molecule has 3 rings (SSSR count). The third-order valence-electron chi connectivity index (χ3n) is 3.80. The van der Waals surface area contributed by atoms with Crippen LogP contribution in [0, 0.1) is 12.8 Å². The Morgan fingerprint density at radius 3 is 3.00 bits per heavy atom. The highest BCUT2D eigenvalue weighted by molar-refractivity contribution is 5.81. The number of pyridine rings is 1. The maximum atomic E-state index is 5.38. The molecule has 1 aliphatic rings. The molecule has 5 nitrogen and oxygen atoms in total. The summed E-state index contributed by atoms with van der Waals surface area (Å²) in [5.41, 5.74) is 3.05. The van der Waals surface area contributed by atoms with Gasteiger partial charge in [0.25, 0.3) is 0 Å². The van der Waals surface area contributed by atoms with E-state index in [0.717, 1.165) is 55.0 Å². The van der Waals surface area contributed by atoms with Crippen LogP contribution in [0.3, 0.4) is 0 Å². The molecule has 2 aromatic heterocycles. The first-order chi connectivity index (χ1) is 9.24. The Labute approximate surface area is 113 Å². The largest absolute Gasteiger partial charge is 0.383 e. The van der Waals surface area contributed by atoms with Crippen LogP contribution in [-0.2, 0) is 11.8 Å². The summed E-state index contributed by atoms with van der Waals surface area (Å²) in [5, 5.41) is 9.00. The van der Waals surface area contributed by atoms with Gasteiger partial charge in [0.1, 0.15) is 0 Å². The second-order valence-electron chi connectivity index (χ2n) is 5.24. The lowest BCUT2D eigenvalue weighted by Gasteiger charge is -2.22. The topological polar surface area (TPSA) is 52.0 Å². The molecule has 3 heterocycles. The molecule has 0 unspecified atom stereocenters. The summed E-state index contributed by atoms with van der Waals surface area (Å²) in [6.45, 7) is 4.80. The normalized spacial score (nSPS) is 16.9. The van der Waals surface area contributed by atoms with Crippen LogP contribution in [-0.4, -0.2) is 34.5 Å². The Hall–Kier alpha value is -1.62. The average molecular weight is 260 g/mol. The number of hydrogen-bond acceptors (Lipinski definition) is 4. The van der Waals surface area contributed by atoms with E-state index in [1.165, 1.54) is 0 Å². The monoisotopic (exact) mass is 260 g/mol. The quantitative estimate of drug-likeness (QED) is 0.918. The van der Waals surface area contributed by atoms with Gasteiger partial charge in [-0.1, -0.05) is 0 Å². The van der Waals surface area contributed by atoms with E-state index in [1.54, 1.807) is 0 Å². The molecule has 0 atom stereocenters. The number of hydrogen-bond donors (Lipinski definition) is 1. The van der Waals surface area contributed by atoms with Crippen LogP contribution in [0.25, 0.3) is 11.0 Å². The van der Waals surface area contributed by atoms with E-state index in [1.807, 2.05) is 24.9 Å². The fraction of sp³-hybridized carbons (Fsp3) is 0.571. The molecular formula is C14H20N4O. The Bertz CT molecular complexity index is 572. The molecule has 0 bridgehead atoms. The van der Waals surface area contributed by atoms with E-state index in [4.69, 9.17) is 4.74 Å². The number of ether oxygens (including phenoxy) is 1. The highest BCUT2D eigenvalue weighted by Crippen LogP contribution is 2.20. The SMILES string of the molecule is Cc1nn(C)c2ncc(NCC3CCOCC3)cc12. The molecule has 1 aliphatic heterocycles. The first-order valence-corrected chi connectivity index (χ1v) is 6.85. The first-order valence-electron chi connectivity index (χ1n) is 6.85. The van der Waals surface area contributed by atoms with Crippen molar-refractivity contribution in [3.8, 4) is 0 Å². The van der Waals surface area contributed by atoms with Crippen LogP contribution in [0.15, 0.2) is 12.3 Å². The summed E-state index contributed by atoms with van der Waals surface area (Å²) < 4.78 is 7.20. The highest BCUT2D eigenvalue weighted by Gasteiger charge is 2.13. The number of nitrogens with one attached hydrogen (secondary N) is 1. The molecule has 5 heteroatoms. The van der Waals surface area contributed by atoms with Crippen LogP contribution < -0.4 is 5.32 Å². The average Bonchev–Trinajstić information content (AvgIpc) is 2.73. The van der Waals surface area contributed by atoms with Gasteiger partial charge in [-0.25, -0.2) is 4.98 Å². The number of anilines is 1. The van der Waals surface area contributed by atoms with Crippen molar-refractivity contribution in [2.24, 2.45) is 13.0 Å². The summed E-state index contributed by atoms with van der Waals surface area (Å²) in [6.07, 6.45) is 4.19.